The van der Waals surface area contributed by atoms with Crippen molar-refractivity contribution in [2.24, 2.45) is 0 Å². The van der Waals surface area contributed by atoms with Crippen molar-refractivity contribution in [2.45, 2.75) is 33.2 Å². The zero-order chi connectivity index (χ0) is 15.4. The van der Waals surface area contributed by atoms with E-state index < -0.39 is 0 Å². The fourth-order valence-corrected chi connectivity index (χ4v) is 2.35. The van der Waals surface area contributed by atoms with Crippen molar-refractivity contribution in [3.8, 4) is 5.69 Å². The van der Waals surface area contributed by atoms with Gasteiger partial charge in [-0.1, -0.05) is 18.2 Å². The molecule has 0 saturated heterocycles. The summed E-state index contributed by atoms with van der Waals surface area (Å²) < 4.78 is 1.78. The van der Waals surface area contributed by atoms with E-state index >= 15 is 0 Å². The van der Waals surface area contributed by atoms with Crippen molar-refractivity contribution in [1.82, 2.24) is 15.1 Å². The van der Waals surface area contributed by atoms with Crippen molar-refractivity contribution < 1.29 is 9.90 Å². The van der Waals surface area contributed by atoms with Gasteiger partial charge in [0.05, 0.1) is 22.6 Å². The van der Waals surface area contributed by atoms with Gasteiger partial charge in [0.25, 0.3) is 5.91 Å². The van der Waals surface area contributed by atoms with E-state index in [1.54, 1.807) is 4.68 Å². The third-order valence-corrected chi connectivity index (χ3v) is 3.46. The molecule has 112 valence electrons. The van der Waals surface area contributed by atoms with Crippen LogP contribution in [0.2, 0.25) is 0 Å². The predicted octanol–water partition coefficient (Wildman–Crippen LogP) is 1.99. The molecule has 1 atom stereocenters. The molecule has 0 fully saturated rings. The average Bonchev–Trinajstić information content (AvgIpc) is 2.75. The Labute approximate surface area is 124 Å². The quantitative estimate of drug-likeness (QED) is 0.883. The molecule has 1 amide bonds. The lowest BCUT2D eigenvalue weighted by molar-refractivity contribution is 0.0933. The number of aryl methyl sites for hydroxylation is 1. The molecular formula is C16H21N3O2. The number of rotatable bonds is 5. The Bertz CT molecular complexity index is 620. The highest BCUT2D eigenvalue weighted by atomic mass is 16.3. The lowest BCUT2D eigenvalue weighted by Crippen LogP contribution is -2.33. The fraction of sp³-hybridized carbons (Fsp3) is 0.375. The van der Waals surface area contributed by atoms with E-state index in [-0.39, 0.29) is 18.6 Å². The summed E-state index contributed by atoms with van der Waals surface area (Å²) in [7, 11) is 0. The molecular weight excluding hydrogens is 266 g/mol. The number of para-hydroxylation sites is 1. The molecule has 1 aromatic heterocycles. The van der Waals surface area contributed by atoms with Gasteiger partial charge in [-0.15, -0.1) is 0 Å². The third kappa shape index (κ3) is 3.31. The van der Waals surface area contributed by atoms with E-state index in [0.29, 0.717) is 17.7 Å². The molecule has 1 aromatic carbocycles. The maximum atomic E-state index is 12.4. The number of nitrogens with one attached hydrogen (secondary N) is 1. The van der Waals surface area contributed by atoms with E-state index in [2.05, 4.69) is 10.4 Å². The first-order valence-corrected chi connectivity index (χ1v) is 7.08. The number of amides is 1. The van der Waals surface area contributed by atoms with E-state index in [4.69, 9.17) is 5.11 Å². The van der Waals surface area contributed by atoms with Gasteiger partial charge in [-0.2, -0.15) is 5.10 Å². The Hall–Kier alpha value is -2.14. The summed E-state index contributed by atoms with van der Waals surface area (Å²) in [6.07, 6.45) is 0.538. The van der Waals surface area contributed by atoms with Crippen LogP contribution in [0.15, 0.2) is 30.3 Å². The van der Waals surface area contributed by atoms with Gasteiger partial charge in [0.15, 0.2) is 0 Å². The number of hydrogen-bond donors (Lipinski definition) is 2. The van der Waals surface area contributed by atoms with Crippen LogP contribution in [0.4, 0.5) is 0 Å². The molecule has 0 spiro atoms. The van der Waals surface area contributed by atoms with Crippen molar-refractivity contribution in [3.05, 3.63) is 47.3 Å². The third-order valence-electron chi connectivity index (χ3n) is 3.46. The molecule has 1 unspecified atom stereocenters. The van der Waals surface area contributed by atoms with Gasteiger partial charge in [-0.05, 0) is 39.3 Å². The summed E-state index contributed by atoms with van der Waals surface area (Å²) in [5, 5.41) is 16.3. The Morgan fingerprint density at radius 2 is 2.00 bits per heavy atom. The molecule has 2 aromatic rings. The number of nitrogens with zero attached hydrogens (tertiary/aromatic N) is 2. The van der Waals surface area contributed by atoms with E-state index in [9.17, 15) is 4.79 Å². The van der Waals surface area contributed by atoms with Crippen molar-refractivity contribution in [3.63, 3.8) is 0 Å². The summed E-state index contributed by atoms with van der Waals surface area (Å²) in [5.41, 5.74) is 3.04. The van der Waals surface area contributed by atoms with Crippen molar-refractivity contribution in [1.29, 1.82) is 0 Å². The monoisotopic (exact) mass is 287 g/mol. The molecule has 0 saturated carbocycles. The van der Waals surface area contributed by atoms with Crippen molar-refractivity contribution >= 4 is 5.91 Å². The maximum Gasteiger partial charge on any atom is 0.255 e. The second-order valence-electron chi connectivity index (χ2n) is 5.18. The minimum absolute atomic E-state index is 0.0582. The normalized spacial score (nSPS) is 12.2. The summed E-state index contributed by atoms with van der Waals surface area (Å²) in [5.74, 6) is -0.145. The van der Waals surface area contributed by atoms with E-state index in [1.165, 1.54) is 0 Å². The number of aliphatic hydroxyl groups excluding tert-OH is 1. The lowest BCUT2D eigenvalue weighted by Gasteiger charge is -2.12. The molecule has 0 aliphatic rings. The summed E-state index contributed by atoms with van der Waals surface area (Å²) in [4.78, 5) is 12.4. The number of aromatic nitrogens is 2. The first-order chi connectivity index (χ1) is 10.0. The Balaban J connectivity index is 2.30. The Morgan fingerprint density at radius 1 is 1.33 bits per heavy atom. The molecule has 21 heavy (non-hydrogen) atoms. The molecule has 5 heteroatoms. The number of carbonyl (C=O) groups is 1. The zero-order valence-corrected chi connectivity index (χ0v) is 12.6. The molecule has 2 rings (SSSR count). The largest absolute Gasteiger partial charge is 0.396 e. The SMILES string of the molecule is Cc1nn(-c2ccccc2)c(C)c1C(=O)NC(C)CCO. The van der Waals surface area contributed by atoms with Crippen LogP contribution >= 0.6 is 0 Å². The minimum atomic E-state index is -0.145. The van der Waals surface area contributed by atoms with Crippen LogP contribution in [0.25, 0.3) is 5.69 Å². The first kappa shape index (κ1) is 15.3. The van der Waals surface area contributed by atoms with Crippen LogP contribution in [-0.4, -0.2) is 33.4 Å². The van der Waals surface area contributed by atoms with E-state index in [1.807, 2.05) is 51.1 Å². The van der Waals surface area contributed by atoms with Crippen LogP contribution in [0.5, 0.6) is 0 Å². The Kier molecular flexibility index (Phi) is 4.75. The molecule has 0 bridgehead atoms. The fourth-order valence-electron chi connectivity index (χ4n) is 2.35. The van der Waals surface area contributed by atoms with Gasteiger partial charge in [0.1, 0.15) is 0 Å². The summed E-state index contributed by atoms with van der Waals surface area (Å²) in [6, 6.07) is 9.66. The van der Waals surface area contributed by atoms with Crippen LogP contribution in [-0.2, 0) is 0 Å². The average molecular weight is 287 g/mol. The molecule has 5 nitrogen and oxygen atoms in total. The predicted molar refractivity (Wildman–Crippen MR) is 81.7 cm³/mol. The Morgan fingerprint density at radius 3 is 2.62 bits per heavy atom. The maximum absolute atomic E-state index is 12.4. The standard InChI is InChI=1S/C16H21N3O2/c1-11(9-10-20)17-16(21)15-12(2)18-19(13(15)3)14-7-5-4-6-8-14/h4-8,11,20H,9-10H2,1-3H3,(H,17,21). The van der Waals surface area contributed by atoms with Gasteiger partial charge in [-0.3, -0.25) is 4.79 Å². The number of carbonyl (C=O) groups excluding carboxylic acids is 1. The van der Waals surface area contributed by atoms with Gasteiger partial charge in [0, 0.05) is 12.6 Å². The van der Waals surface area contributed by atoms with Crippen LogP contribution < -0.4 is 5.32 Å². The minimum Gasteiger partial charge on any atom is -0.396 e. The van der Waals surface area contributed by atoms with Gasteiger partial charge in [0.2, 0.25) is 0 Å². The number of aliphatic hydroxyl groups is 1. The highest BCUT2D eigenvalue weighted by Crippen LogP contribution is 2.17. The number of benzene rings is 1. The molecule has 0 aliphatic carbocycles. The van der Waals surface area contributed by atoms with E-state index in [0.717, 1.165) is 11.4 Å². The summed E-state index contributed by atoms with van der Waals surface area (Å²) in [6.45, 7) is 5.65. The number of hydrogen-bond acceptors (Lipinski definition) is 3. The lowest BCUT2D eigenvalue weighted by atomic mass is 10.1. The molecule has 2 N–H and O–H groups in total. The van der Waals surface area contributed by atoms with Gasteiger partial charge in [-0.25, -0.2) is 4.68 Å². The van der Waals surface area contributed by atoms with Crippen LogP contribution in [0.3, 0.4) is 0 Å². The molecule has 0 radical (unpaired) electrons. The van der Waals surface area contributed by atoms with Crippen molar-refractivity contribution in [2.75, 3.05) is 6.61 Å². The second kappa shape index (κ2) is 6.54. The second-order valence-corrected chi connectivity index (χ2v) is 5.18. The van der Waals surface area contributed by atoms with Crippen LogP contribution in [0, 0.1) is 13.8 Å². The van der Waals surface area contributed by atoms with Crippen LogP contribution in [0.1, 0.15) is 35.1 Å². The van der Waals surface area contributed by atoms with Gasteiger partial charge < -0.3 is 10.4 Å². The molecule has 0 aliphatic heterocycles. The molecule has 1 heterocycles. The summed E-state index contributed by atoms with van der Waals surface area (Å²) >= 11 is 0. The van der Waals surface area contributed by atoms with Gasteiger partial charge >= 0.3 is 0 Å². The highest BCUT2D eigenvalue weighted by Gasteiger charge is 2.20. The highest BCUT2D eigenvalue weighted by molar-refractivity contribution is 5.96. The zero-order valence-electron chi connectivity index (χ0n) is 12.6. The first-order valence-electron chi connectivity index (χ1n) is 7.08. The smallest absolute Gasteiger partial charge is 0.255 e. The topological polar surface area (TPSA) is 67.2 Å².